The summed E-state index contributed by atoms with van der Waals surface area (Å²) in [5.74, 6) is 0.647. The van der Waals surface area contributed by atoms with Gasteiger partial charge in [0.15, 0.2) is 0 Å². The SMILES string of the molecule is Cc1ccc(Cl)c(-n2ccc(CNCC(C)C)n2)c1. The smallest absolute Gasteiger partial charge is 0.0834 e. The monoisotopic (exact) mass is 277 g/mol. The van der Waals surface area contributed by atoms with Crippen molar-refractivity contribution >= 4 is 11.6 Å². The van der Waals surface area contributed by atoms with Gasteiger partial charge in [0.05, 0.1) is 16.4 Å². The first-order chi connectivity index (χ1) is 9.06. The first-order valence-corrected chi connectivity index (χ1v) is 6.96. The largest absolute Gasteiger partial charge is 0.311 e. The molecule has 0 aliphatic carbocycles. The summed E-state index contributed by atoms with van der Waals surface area (Å²) in [6.07, 6.45) is 1.95. The summed E-state index contributed by atoms with van der Waals surface area (Å²) in [6, 6.07) is 7.97. The third kappa shape index (κ3) is 3.82. The quantitative estimate of drug-likeness (QED) is 0.905. The normalized spacial score (nSPS) is 11.2. The van der Waals surface area contributed by atoms with Gasteiger partial charge in [-0.25, -0.2) is 4.68 Å². The Morgan fingerprint density at radius 2 is 2.11 bits per heavy atom. The van der Waals surface area contributed by atoms with Crippen LogP contribution in [-0.2, 0) is 6.54 Å². The van der Waals surface area contributed by atoms with E-state index in [4.69, 9.17) is 11.6 Å². The molecule has 0 bridgehead atoms. The molecule has 3 nitrogen and oxygen atoms in total. The van der Waals surface area contributed by atoms with Crippen molar-refractivity contribution in [3.8, 4) is 5.69 Å². The van der Waals surface area contributed by atoms with Crippen LogP contribution < -0.4 is 5.32 Å². The van der Waals surface area contributed by atoms with Crippen molar-refractivity contribution in [2.24, 2.45) is 5.92 Å². The molecule has 0 atom stereocenters. The van der Waals surface area contributed by atoms with Gasteiger partial charge < -0.3 is 5.32 Å². The highest BCUT2D eigenvalue weighted by atomic mass is 35.5. The lowest BCUT2D eigenvalue weighted by atomic mass is 10.2. The number of benzene rings is 1. The van der Waals surface area contributed by atoms with E-state index in [0.29, 0.717) is 5.92 Å². The third-order valence-electron chi connectivity index (χ3n) is 2.85. The topological polar surface area (TPSA) is 29.9 Å². The summed E-state index contributed by atoms with van der Waals surface area (Å²) in [5.41, 5.74) is 3.13. The Morgan fingerprint density at radius 1 is 1.32 bits per heavy atom. The van der Waals surface area contributed by atoms with Crippen molar-refractivity contribution < 1.29 is 0 Å². The average molecular weight is 278 g/mol. The van der Waals surface area contributed by atoms with Crippen LogP contribution in [0.4, 0.5) is 0 Å². The van der Waals surface area contributed by atoms with Crippen LogP contribution in [0.15, 0.2) is 30.5 Å². The van der Waals surface area contributed by atoms with Crippen LogP contribution in [0.2, 0.25) is 5.02 Å². The van der Waals surface area contributed by atoms with E-state index < -0.39 is 0 Å². The number of halogens is 1. The maximum absolute atomic E-state index is 6.21. The van der Waals surface area contributed by atoms with E-state index in [-0.39, 0.29) is 0 Å². The summed E-state index contributed by atoms with van der Waals surface area (Å²) in [4.78, 5) is 0. The van der Waals surface area contributed by atoms with Crippen molar-refractivity contribution in [3.63, 3.8) is 0 Å². The molecule has 0 spiro atoms. The van der Waals surface area contributed by atoms with Crippen LogP contribution in [-0.4, -0.2) is 16.3 Å². The van der Waals surface area contributed by atoms with Crippen LogP contribution >= 0.6 is 11.6 Å². The van der Waals surface area contributed by atoms with E-state index in [1.807, 2.05) is 35.1 Å². The molecule has 0 aliphatic heterocycles. The van der Waals surface area contributed by atoms with Gasteiger partial charge in [-0.05, 0) is 43.1 Å². The van der Waals surface area contributed by atoms with Gasteiger partial charge in [0.25, 0.3) is 0 Å². The molecular weight excluding hydrogens is 258 g/mol. The molecule has 0 radical (unpaired) electrons. The van der Waals surface area contributed by atoms with Gasteiger partial charge >= 0.3 is 0 Å². The van der Waals surface area contributed by atoms with Crippen LogP contribution in [0, 0.1) is 12.8 Å². The summed E-state index contributed by atoms with van der Waals surface area (Å²) in [7, 11) is 0. The second-order valence-corrected chi connectivity index (χ2v) is 5.64. The van der Waals surface area contributed by atoms with E-state index in [0.717, 1.165) is 29.5 Å². The zero-order valence-corrected chi connectivity index (χ0v) is 12.4. The number of nitrogens with one attached hydrogen (secondary N) is 1. The molecule has 102 valence electrons. The van der Waals surface area contributed by atoms with Crippen LogP contribution in [0.3, 0.4) is 0 Å². The molecule has 0 aliphatic rings. The summed E-state index contributed by atoms with van der Waals surface area (Å²) < 4.78 is 1.84. The van der Waals surface area contributed by atoms with E-state index >= 15 is 0 Å². The minimum atomic E-state index is 0.647. The fraction of sp³-hybridized carbons (Fsp3) is 0.400. The maximum atomic E-state index is 6.21. The summed E-state index contributed by atoms with van der Waals surface area (Å²) >= 11 is 6.21. The molecule has 2 aromatic rings. The number of aryl methyl sites for hydroxylation is 1. The van der Waals surface area contributed by atoms with Gasteiger partial charge in [-0.15, -0.1) is 0 Å². The summed E-state index contributed by atoms with van der Waals surface area (Å²) in [5, 5.41) is 8.65. The zero-order valence-electron chi connectivity index (χ0n) is 11.7. The van der Waals surface area contributed by atoms with Crippen molar-refractivity contribution in [1.29, 1.82) is 0 Å². The minimum Gasteiger partial charge on any atom is -0.311 e. The van der Waals surface area contributed by atoms with Crippen molar-refractivity contribution in [2.75, 3.05) is 6.54 Å². The summed E-state index contributed by atoms with van der Waals surface area (Å²) in [6.45, 7) is 8.22. The third-order valence-corrected chi connectivity index (χ3v) is 3.17. The number of aromatic nitrogens is 2. The molecule has 4 heteroatoms. The second kappa shape index (κ2) is 6.22. The first kappa shape index (κ1) is 14.1. The predicted octanol–water partition coefficient (Wildman–Crippen LogP) is 3.58. The molecule has 1 aromatic heterocycles. The Kier molecular flexibility index (Phi) is 4.61. The van der Waals surface area contributed by atoms with Crippen molar-refractivity contribution in [3.05, 3.63) is 46.7 Å². The van der Waals surface area contributed by atoms with E-state index in [1.54, 1.807) is 0 Å². The lowest BCUT2D eigenvalue weighted by molar-refractivity contribution is 0.546. The van der Waals surface area contributed by atoms with Crippen LogP contribution in [0.25, 0.3) is 5.69 Å². The molecule has 1 aromatic carbocycles. The van der Waals surface area contributed by atoms with Crippen molar-refractivity contribution in [1.82, 2.24) is 15.1 Å². The van der Waals surface area contributed by atoms with Gasteiger partial charge in [0.1, 0.15) is 0 Å². The highest BCUT2D eigenvalue weighted by molar-refractivity contribution is 6.32. The van der Waals surface area contributed by atoms with Gasteiger partial charge in [0.2, 0.25) is 0 Å². The Bertz CT molecular complexity index is 546. The fourth-order valence-corrected chi connectivity index (χ4v) is 2.08. The Balaban J connectivity index is 2.10. The molecule has 1 heterocycles. The van der Waals surface area contributed by atoms with Crippen LogP contribution in [0.1, 0.15) is 25.1 Å². The standard InChI is InChI=1S/C15H20ClN3/c1-11(2)9-17-10-13-6-7-19(18-13)15-8-12(3)4-5-14(15)16/h4-8,11,17H,9-10H2,1-3H3. The highest BCUT2D eigenvalue weighted by Gasteiger charge is 2.05. The Hall–Kier alpha value is -1.32. The molecule has 2 rings (SSSR count). The Morgan fingerprint density at radius 3 is 2.84 bits per heavy atom. The fourth-order valence-electron chi connectivity index (χ4n) is 1.88. The lowest BCUT2D eigenvalue weighted by Gasteiger charge is -2.06. The van der Waals surface area contributed by atoms with Gasteiger partial charge in [0, 0.05) is 12.7 Å². The highest BCUT2D eigenvalue weighted by Crippen LogP contribution is 2.21. The van der Waals surface area contributed by atoms with E-state index in [9.17, 15) is 0 Å². The second-order valence-electron chi connectivity index (χ2n) is 5.23. The van der Waals surface area contributed by atoms with E-state index in [2.05, 4.69) is 31.2 Å². The molecule has 0 fully saturated rings. The Labute approximate surface area is 119 Å². The number of hydrogen-bond donors (Lipinski definition) is 1. The number of nitrogens with zero attached hydrogens (tertiary/aromatic N) is 2. The molecule has 0 saturated heterocycles. The molecule has 0 saturated carbocycles. The zero-order chi connectivity index (χ0) is 13.8. The van der Waals surface area contributed by atoms with Gasteiger partial charge in [-0.2, -0.15) is 5.10 Å². The first-order valence-electron chi connectivity index (χ1n) is 6.58. The maximum Gasteiger partial charge on any atom is 0.0834 e. The van der Waals surface area contributed by atoms with Crippen LogP contribution in [0.5, 0.6) is 0 Å². The van der Waals surface area contributed by atoms with Gasteiger partial charge in [-0.1, -0.05) is 31.5 Å². The predicted molar refractivity (Wildman–Crippen MR) is 79.9 cm³/mol. The molecule has 0 amide bonds. The lowest BCUT2D eigenvalue weighted by Crippen LogP contribution is -2.19. The van der Waals surface area contributed by atoms with Crippen molar-refractivity contribution in [2.45, 2.75) is 27.3 Å². The molecular formula is C15H20ClN3. The number of hydrogen-bond acceptors (Lipinski definition) is 2. The minimum absolute atomic E-state index is 0.647. The number of rotatable bonds is 5. The molecule has 0 unspecified atom stereocenters. The van der Waals surface area contributed by atoms with E-state index in [1.165, 1.54) is 5.56 Å². The van der Waals surface area contributed by atoms with Gasteiger partial charge in [-0.3, -0.25) is 0 Å². The molecule has 19 heavy (non-hydrogen) atoms. The average Bonchev–Trinajstić information content (AvgIpc) is 2.80. The molecule has 1 N–H and O–H groups in total.